The highest BCUT2D eigenvalue weighted by Gasteiger charge is 2.30. The third-order valence-electron chi connectivity index (χ3n) is 5.03. The lowest BCUT2D eigenvalue weighted by molar-refractivity contribution is -0.149. The molecule has 0 bridgehead atoms. The van der Waals surface area contributed by atoms with Gasteiger partial charge < -0.3 is 19.1 Å². The molecule has 1 amide bonds. The van der Waals surface area contributed by atoms with Crippen molar-refractivity contribution in [2.45, 2.75) is 19.8 Å². The Morgan fingerprint density at radius 2 is 1.90 bits per heavy atom. The van der Waals surface area contributed by atoms with Crippen LogP contribution >= 0.6 is 0 Å². The van der Waals surface area contributed by atoms with Crippen LogP contribution in [0.15, 0.2) is 36.7 Å². The molecule has 1 aromatic heterocycles. The first-order chi connectivity index (χ1) is 14.1. The maximum absolute atomic E-state index is 13.0. The van der Waals surface area contributed by atoms with Crippen LogP contribution in [-0.2, 0) is 9.53 Å². The Kier molecular flexibility index (Phi) is 6.69. The second-order valence-corrected chi connectivity index (χ2v) is 6.87. The molecule has 1 atom stereocenters. The summed E-state index contributed by atoms with van der Waals surface area (Å²) in [5.74, 6) is 0.607. The summed E-state index contributed by atoms with van der Waals surface area (Å²) in [5.41, 5.74) is 2.16. The van der Waals surface area contributed by atoms with Gasteiger partial charge in [-0.3, -0.25) is 14.6 Å². The van der Waals surface area contributed by atoms with Crippen LogP contribution in [0, 0.1) is 5.92 Å². The minimum absolute atomic E-state index is 0.131. The minimum atomic E-state index is -0.269. The predicted octanol–water partition coefficient (Wildman–Crippen LogP) is 3.18. The lowest BCUT2D eigenvalue weighted by Gasteiger charge is -2.31. The van der Waals surface area contributed by atoms with Crippen molar-refractivity contribution in [2.75, 3.05) is 33.9 Å². The van der Waals surface area contributed by atoms with Gasteiger partial charge in [-0.05, 0) is 43.5 Å². The molecule has 29 heavy (non-hydrogen) atoms. The van der Waals surface area contributed by atoms with Crippen molar-refractivity contribution in [3.05, 3.63) is 42.2 Å². The summed E-state index contributed by atoms with van der Waals surface area (Å²) >= 11 is 0. The number of carbonyl (C=O) groups excluding carboxylic acids is 2. The number of hydrogen-bond donors (Lipinski definition) is 0. The van der Waals surface area contributed by atoms with Gasteiger partial charge in [0.25, 0.3) is 5.91 Å². The molecule has 0 unspecified atom stereocenters. The average molecular weight is 398 g/mol. The first-order valence-electron chi connectivity index (χ1n) is 9.70. The fourth-order valence-electron chi connectivity index (χ4n) is 3.53. The van der Waals surface area contributed by atoms with Gasteiger partial charge in [-0.2, -0.15) is 0 Å². The SMILES string of the molecule is CCOC(=O)[C@H]1CCCN(C(=O)c2cncc(-c3ccc(OC)c(OC)c3)c2)C1. The number of hydrogen-bond acceptors (Lipinski definition) is 6. The molecule has 1 aromatic carbocycles. The molecule has 2 heterocycles. The van der Waals surface area contributed by atoms with Crippen molar-refractivity contribution in [1.29, 1.82) is 0 Å². The van der Waals surface area contributed by atoms with E-state index in [1.165, 1.54) is 0 Å². The molecule has 0 aliphatic carbocycles. The third-order valence-corrected chi connectivity index (χ3v) is 5.03. The Morgan fingerprint density at radius 1 is 1.10 bits per heavy atom. The van der Waals surface area contributed by atoms with E-state index in [0.29, 0.717) is 36.8 Å². The quantitative estimate of drug-likeness (QED) is 0.696. The van der Waals surface area contributed by atoms with Crippen molar-refractivity contribution < 1.29 is 23.8 Å². The van der Waals surface area contributed by atoms with Gasteiger partial charge in [0, 0.05) is 31.0 Å². The van der Waals surface area contributed by atoms with E-state index in [4.69, 9.17) is 14.2 Å². The van der Waals surface area contributed by atoms with Crippen LogP contribution in [-0.4, -0.2) is 55.7 Å². The summed E-state index contributed by atoms with van der Waals surface area (Å²) in [6, 6.07) is 7.37. The van der Waals surface area contributed by atoms with Crippen LogP contribution in [0.2, 0.25) is 0 Å². The van der Waals surface area contributed by atoms with E-state index in [1.807, 2.05) is 24.3 Å². The van der Waals surface area contributed by atoms with Crippen molar-refractivity contribution in [2.24, 2.45) is 5.92 Å². The molecule has 0 N–H and O–H groups in total. The first-order valence-corrected chi connectivity index (χ1v) is 9.70. The van der Waals surface area contributed by atoms with Crippen molar-refractivity contribution >= 4 is 11.9 Å². The maximum Gasteiger partial charge on any atom is 0.310 e. The van der Waals surface area contributed by atoms with Crippen LogP contribution in [0.5, 0.6) is 11.5 Å². The highest BCUT2D eigenvalue weighted by Crippen LogP contribution is 2.32. The summed E-state index contributed by atoms with van der Waals surface area (Å²) in [4.78, 5) is 31.0. The van der Waals surface area contributed by atoms with E-state index in [0.717, 1.165) is 24.0 Å². The Balaban J connectivity index is 1.80. The van der Waals surface area contributed by atoms with Gasteiger partial charge in [-0.15, -0.1) is 0 Å². The van der Waals surface area contributed by atoms with Crippen LogP contribution in [0.1, 0.15) is 30.1 Å². The molecule has 154 valence electrons. The van der Waals surface area contributed by atoms with Crippen molar-refractivity contribution in [1.82, 2.24) is 9.88 Å². The van der Waals surface area contributed by atoms with Gasteiger partial charge >= 0.3 is 5.97 Å². The van der Waals surface area contributed by atoms with E-state index in [2.05, 4.69) is 4.98 Å². The summed E-state index contributed by atoms with van der Waals surface area (Å²) in [7, 11) is 3.16. The number of nitrogens with zero attached hydrogens (tertiary/aromatic N) is 2. The standard InChI is InChI=1S/C22H26N2O5/c1-4-29-22(26)16-6-5-9-24(14-16)21(25)18-10-17(12-23-13-18)15-7-8-19(27-2)20(11-15)28-3/h7-8,10-13,16H,4-6,9,14H2,1-3H3/t16-/m0/s1. The number of esters is 1. The number of methoxy groups -OCH3 is 2. The number of amides is 1. The van der Waals surface area contributed by atoms with Gasteiger partial charge in [0.1, 0.15) is 0 Å². The lowest BCUT2D eigenvalue weighted by atomic mass is 9.97. The summed E-state index contributed by atoms with van der Waals surface area (Å²) in [6.45, 7) is 3.13. The zero-order valence-corrected chi connectivity index (χ0v) is 17.0. The third kappa shape index (κ3) is 4.67. The Morgan fingerprint density at radius 3 is 2.62 bits per heavy atom. The van der Waals surface area contributed by atoms with Crippen LogP contribution < -0.4 is 9.47 Å². The molecule has 7 heteroatoms. The Bertz CT molecular complexity index is 883. The van der Waals surface area contributed by atoms with Gasteiger partial charge in [0.2, 0.25) is 0 Å². The van der Waals surface area contributed by atoms with E-state index >= 15 is 0 Å². The highest BCUT2D eigenvalue weighted by atomic mass is 16.5. The van der Waals surface area contributed by atoms with Gasteiger partial charge in [-0.25, -0.2) is 0 Å². The number of benzene rings is 1. The smallest absolute Gasteiger partial charge is 0.310 e. The fraction of sp³-hybridized carbons (Fsp3) is 0.409. The highest BCUT2D eigenvalue weighted by molar-refractivity contribution is 5.95. The number of ether oxygens (including phenoxy) is 3. The predicted molar refractivity (Wildman–Crippen MR) is 108 cm³/mol. The monoisotopic (exact) mass is 398 g/mol. The van der Waals surface area contributed by atoms with Crippen molar-refractivity contribution in [3.63, 3.8) is 0 Å². The largest absolute Gasteiger partial charge is 0.493 e. The van der Waals surface area contributed by atoms with Crippen LogP contribution in [0.4, 0.5) is 0 Å². The average Bonchev–Trinajstić information content (AvgIpc) is 2.78. The minimum Gasteiger partial charge on any atom is -0.493 e. The number of piperidine rings is 1. The van der Waals surface area contributed by atoms with E-state index in [9.17, 15) is 9.59 Å². The zero-order valence-electron chi connectivity index (χ0n) is 17.0. The molecule has 0 saturated carbocycles. The first kappa shape index (κ1) is 20.6. The van der Waals surface area contributed by atoms with Crippen LogP contribution in [0.3, 0.4) is 0 Å². The molecule has 2 aromatic rings. The van der Waals surface area contributed by atoms with E-state index in [-0.39, 0.29) is 17.8 Å². The van der Waals surface area contributed by atoms with Crippen molar-refractivity contribution in [3.8, 4) is 22.6 Å². The van der Waals surface area contributed by atoms with Gasteiger partial charge in [-0.1, -0.05) is 6.07 Å². The molecule has 3 rings (SSSR count). The molecular formula is C22H26N2O5. The molecule has 1 aliphatic heterocycles. The maximum atomic E-state index is 13.0. The zero-order chi connectivity index (χ0) is 20.8. The number of likely N-dealkylation sites (tertiary alicyclic amines) is 1. The van der Waals surface area contributed by atoms with Gasteiger partial charge in [0.15, 0.2) is 11.5 Å². The topological polar surface area (TPSA) is 78.0 Å². The Labute approximate surface area is 170 Å². The lowest BCUT2D eigenvalue weighted by Crippen LogP contribution is -2.42. The van der Waals surface area contributed by atoms with Crippen LogP contribution in [0.25, 0.3) is 11.1 Å². The number of pyridine rings is 1. The Hall–Kier alpha value is -3.09. The normalized spacial score (nSPS) is 16.2. The second kappa shape index (κ2) is 9.41. The van der Waals surface area contributed by atoms with E-state index < -0.39 is 0 Å². The summed E-state index contributed by atoms with van der Waals surface area (Å²) in [5, 5.41) is 0. The summed E-state index contributed by atoms with van der Waals surface area (Å²) < 4.78 is 15.8. The number of carbonyl (C=O) groups is 2. The molecular weight excluding hydrogens is 372 g/mol. The molecule has 7 nitrogen and oxygen atoms in total. The molecule has 1 aliphatic rings. The van der Waals surface area contributed by atoms with Gasteiger partial charge in [0.05, 0.1) is 32.3 Å². The number of aromatic nitrogens is 1. The molecule has 0 radical (unpaired) electrons. The van der Waals surface area contributed by atoms with E-state index in [1.54, 1.807) is 38.4 Å². The molecule has 1 fully saturated rings. The summed E-state index contributed by atoms with van der Waals surface area (Å²) in [6.07, 6.45) is 4.78. The second-order valence-electron chi connectivity index (χ2n) is 6.87. The fourth-order valence-corrected chi connectivity index (χ4v) is 3.53. The molecule has 0 spiro atoms. The molecule has 1 saturated heterocycles. The number of rotatable bonds is 6.